The summed E-state index contributed by atoms with van der Waals surface area (Å²) >= 11 is 1.42. The quantitative estimate of drug-likeness (QED) is 0.275. The Labute approximate surface area is 212 Å². The highest BCUT2D eigenvalue weighted by molar-refractivity contribution is 7.12. The highest BCUT2D eigenvalue weighted by atomic mass is 32.1. The van der Waals surface area contributed by atoms with Crippen molar-refractivity contribution in [2.75, 3.05) is 10.6 Å². The summed E-state index contributed by atoms with van der Waals surface area (Å²) in [5.41, 5.74) is 5.90. The number of nitrogens with zero attached hydrogens (tertiary/aromatic N) is 3. The molecule has 6 rings (SSSR count). The molecule has 3 heterocycles. The molecule has 8 heteroatoms. The summed E-state index contributed by atoms with van der Waals surface area (Å²) in [6, 6.07) is 18.9. The lowest BCUT2D eigenvalue weighted by Crippen LogP contribution is -2.11. The van der Waals surface area contributed by atoms with Gasteiger partial charge < -0.3 is 15.7 Å². The smallest absolute Gasteiger partial charge is 0.265 e. The number of thiophene rings is 1. The van der Waals surface area contributed by atoms with Crippen LogP contribution >= 0.6 is 11.3 Å². The van der Waals surface area contributed by atoms with E-state index in [2.05, 4.69) is 16.7 Å². The molecule has 0 spiro atoms. The largest absolute Gasteiger partial charge is 0.508 e. The van der Waals surface area contributed by atoms with Gasteiger partial charge in [-0.15, -0.1) is 11.3 Å². The topological polar surface area (TPSA) is 92.1 Å². The molecular weight excluding hydrogens is 470 g/mol. The number of hydrogen-bond donors (Lipinski definition) is 3. The fraction of sp³-hybridized carbons (Fsp3) is 0.179. The van der Waals surface area contributed by atoms with E-state index in [1.165, 1.54) is 11.3 Å². The third kappa shape index (κ3) is 4.09. The lowest BCUT2D eigenvalue weighted by Gasteiger charge is -2.14. The molecule has 3 N–H and O–H groups in total. The molecule has 0 saturated heterocycles. The highest BCUT2D eigenvalue weighted by Gasteiger charge is 2.22. The number of hydrogen-bond acceptors (Lipinski definition) is 6. The van der Waals surface area contributed by atoms with Gasteiger partial charge in [0.05, 0.1) is 21.8 Å². The Morgan fingerprint density at radius 3 is 2.81 bits per heavy atom. The Hall–Kier alpha value is -4.17. The number of aromatic nitrogens is 3. The first-order valence-electron chi connectivity index (χ1n) is 11.9. The SMILES string of the molecule is Cc1cc2c(NC(=O)c3cccs3)cccc2n1-c1nc2c(c(NCc3cccc(O)c3)n1)CCC2. The molecule has 5 aromatic rings. The molecule has 1 aliphatic rings. The van der Waals surface area contributed by atoms with Crippen LogP contribution in [0.3, 0.4) is 0 Å². The lowest BCUT2D eigenvalue weighted by atomic mass is 10.2. The minimum absolute atomic E-state index is 0.116. The summed E-state index contributed by atoms with van der Waals surface area (Å²) in [6.45, 7) is 2.59. The third-order valence-electron chi connectivity index (χ3n) is 6.51. The maximum atomic E-state index is 12.7. The molecule has 2 aromatic carbocycles. The van der Waals surface area contributed by atoms with Gasteiger partial charge in [-0.1, -0.05) is 24.3 Å². The van der Waals surface area contributed by atoms with Gasteiger partial charge in [0.1, 0.15) is 11.6 Å². The number of amides is 1. The van der Waals surface area contributed by atoms with E-state index in [1.54, 1.807) is 12.1 Å². The summed E-state index contributed by atoms with van der Waals surface area (Å²) in [7, 11) is 0. The summed E-state index contributed by atoms with van der Waals surface area (Å²) in [4.78, 5) is 23.3. The molecular formula is C28H25N5O2S. The van der Waals surface area contributed by atoms with Crippen LogP contribution < -0.4 is 10.6 Å². The molecule has 0 radical (unpaired) electrons. The molecule has 0 aliphatic heterocycles. The fourth-order valence-corrected chi connectivity index (χ4v) is 5.47. The van der Waals surface area contributed by atoms with Gasteiger partial charge in [-0.2, -0.15) is 4.98 Å². The maximum absolute atomic E-state index is 12.7. The van der Waals surface area contributed by atoms with Gasteiger partial charge in [0.15, 0.2) is 0 Å². The minimum Gasteiger partial charge on any atom is -0.508 e. The predicted octanol–water partition coefficient (Wildman–Crippen LogP) is 5.85. The molecule has 3 aromatic heterocycles. The molecule has 7 nitrogen and oxygen atoms in total. The standard InChI is InChI=1S/C28H25N5O2S/c1-17-14-21-23(30-27(35)25-12-5-13-36-25)10-4-11-24(21)33(17)28-31-22-9-3-8-20(22)26(32-28)29-16-18-6-2-7-19(34)15-18/h2,4-7,10-15,34H,3,8-9,16H2,1H3,(H,30,35)(H,29,31,32). The van der Waals surface area contributed by atoms with Crippen LogP contribution in [0.2, 0.25) is 0 Å². The zero-order valence-electron chi connectivity index (χ0n) is 19.8. The molecule has 0 bridgehead atoms. The molecule has 0 atom stereocenters. The molecule has 1 aliphatic carbocycles. The Balaban J connectivity index is 1.38. The van der Waals surface area contributed by atoms with Gasteiger partial charge in [-0.3, -0.25) is 9.36 Å². The van der Waals surface area contributed by atoms with Gasteiger partial charge in [0.2, 0.25) is 5.95 Å². The van der Waals surface area contributed by atoms with E-state index in [-0.39, 0.29) is 11.7 Å². The second kappa shape index (κ2) is 9.13. The van der Waals surface area contributed by atoms with E-state index in [0.717, 1.165) is 64.2 Å². The number of carbonyl (C=O) groups is 1. The van der Waals surface area contributed by atoms with Crippen LogP contribution in [0.1, 0.15) is 38.6 Å². The van der Waals surface area contributed by atoms with E-state index in [4.69, 9.17) is 9.97 Å². The van der Waals surface area contributed by atoms with Crippen LogP contribution in [0.4, 0.5) is 11.5 Å². The highest BCUT2D eigenvalue weighted by Crippen LogP contribution is 2.32. The molecule has 180 valence electrons. The average Bonchev–Trinajstić information content (AvgIpc) is 3.62. The number of rotatable bonds is 6. The normalized spacial score (nSPS) is 12.6. The van der Waals surface area contributed by atoms with E-state index < -0.39 is 0 Å². The Kier molecular flexibility index (Phi) is 5.65. The van der Waals surface area contributed by atoms with Crippen molar-refractivity contribution in [3.8, 4) is 11.7 Å². The minimum atomic E-state index is -0.116. The number of benzene rings is 2. The monoisotopic (exact) mass is 495 g/mol. The average molecular weight is 496 g/mol. The molecule has 0 fully saturated rings. The lowest BCUT2D eigenvalue weighted by molar-refractivity contribution is 0.103. The first-order valence-corrected chi connectivity index (χ1v) is 12.8. The first-order chi connectivity index (χ1) is 17.6. The number of aromatic hydroxyl groups is 1. The van der Waals surface area contributed by atoms with Crippen molar-refractivity contribution in [3.05, 3.63) is 93.4 Å². The van der Waals surface area contributed by atoms with Crippen molar-refractivity contribution in [3.63, 3.8) is 0 Å². The van der Waals surface area contributed by atoms with Crippen LogP contribution in [0.5, 0.6) is 5.75 Å². The number of phenolic OH excluding ortho intramolecular Hbond substituents is 1. The summed E-state index contributed by atoms with van der Waals surface area (Å²) in [6.07, 6.45) is 2.92. The molecule has 1 amide bonds. The maximum Gasteiger partial charge on any atom is 0.265 e. The molecule has 0 unspecified atom stereocenters. The van der Waals surface area contributed by atoms with E-state index in [1.807, 2.05) is 59.3 Å². The van der Waals surface area contributed by atoms with Crippen molar-refractivity contribution in [2.24, 2.45) is 0 Å². The molecule has 36 heavy (non-hydrogen) atoms. The number of fused-ring (bicyclic) bond motifs is 2. The van der Waals surface area contributed by atoms with Gasteiger partial charge in [0, 0.05) is 23.2 Å². The van der Waals surface area contributed by atoms with Crippen LogP contribution in [-0.2, 0) is 19.4 Å². The Morgan fingerprint density at radius 2 is 1.97 bits per heavy atom. The second-order valence-electron chi connectivity index (χ2n) is 8.97. The van der Waals surface area contributed by atoms with Crippen LogP contribution in [0.15, 0.2) is 66.0 Å². The first kappa shape index (κ1) is 22.3. The van der Waals surface area contributed by atoms with E-state index in [9.17, 15) is 9.90 Å². The number of nitrogens with one attached hydrogen (secondary N) is 2. The van der Waals surface area contributed by atoms with Crippen molar-refractivity contribution < 1.29 is 9.90 Å². The Morgan fingerprint density at radius 1 is 1.08 bits per heavy atom. The summed E-state index contributed by atoms with van der Waals surface area (Å²) in [5, 5.41) is 19.2. The van der Waals surface area contributed by atoms with Gasteiger partial charge >= 0.3 is 0 Å². The summed E-state index contributed by atoms with van der Waals surface area (Å²) in [5.74, 6) is 1.58. The van der Waals surface area contributed by atoms with Crippen LogP contribution in [0.25, 0.3) is 16.9 Å². The van der Waals surface area contributed by atoms with Gasteiger partial charge in [-0.05, 0) is 73.5 Å². The zero-order chi connectivity index (χ0) is 24.6. The van der Waals surface area contributed by atoms with Crippen LogP contribution in [0, 0.1) is 6.92 Å². The number of carbonyl (C=O) groups excluding carboxylic acids is 1. The molecule has 0 saturated carbocycles. The van der Waals surface area contributed by atoms with Crippen molar-refractivity contribution in [1.82, 2.24) is 14.5 Å². The zero-order valence-corrected chi connectivity index (χ0v) is 20.6. The number of anilines is 2. The van der Waals surface area contributed by atoms with Gasteiger partial charge in [-0.25, -0.2) is 4.98 Å². The second-order valence-corrected chi connectivity index (χ2v) is 9.91. The van der Waals surface area contributed by atoms with Crippen molar-refractivity contribution >= 4 is 39.7 Å². The van der Waals surface area contributed by atoms with Crippen molar-refractivity contribution in [1.29, 1.82) is 0 Å². The summed E-state index contributed by atoms with van der Waals surface area (Å²) < 4.78 is 2.05. The third-order valence-corrected chi connectivity index (χ3v) is 7.38. The van der Waals surface area contributed by atoms with Crippen LogP contribution in [-0.4, -0.2) is 25.5 Å². The fourth-order valence-electron chi connectivity index (χ4n) is 4.85. The Bertz CT molecular complexity index is 1590. The van der Waals surface area contributed by atoms with Gasteiger partial charge in [0.25, 0.3) is 5.91 Å². The number of aryl methyl sites for hydroxylation is 2. The van der Waals surface area contributed by atoms with Crippen molar-refractivity contribution in [2.45, 2.75) is 32.7 Å². The number of phenols is 1. The predicted molar refractivity (Wildman–Crippen MR) is 143 cm³/mol. The van der Waals surface area contributed by atoms with E-state index in [0.29, 0.717) is 17.4 Å². The van der Waals surface area contributed by atoms with E-state index >= 15 is 0 Å².